The molecule has 0 unspecified atom stereocenters. The Bertz CT molecular complexity index is 2850. The highest BCUT2D eigenvalue weighted by atomic mass is 32.1. The van der Waals surface area contributed by atoms with E-state index in [0.717, 1.165) is 22.6 Å². The summed E-state index contributed by atoms with van der Waals surface area (Å²) in [6.45, 7) is 0. The first-order chi connectivity index (χ1) is 24.8. The average molecular weight is 655 g/mol. The molecule has 0 saturated carbocycles. The van der Waals surface area contributed by atoms with Gasteiger partial charge >= 0.3 is 0 Å². The maximum atomic E-state index is 4.77. The molecular weight excluding hydrogens is 625 g/mol. The Morgan fingerprint density at radius 3 is 1.82 bits per heavy atom. The fraction of sp³-hybridized carbons (Fsp3) is 0. The van der Waals surface area contributed by atoms with Crippen molar-refractivity contribution in [2.24, 2.45) is 0 Å². The van der Waals surface area contributed by atoms with E-state index in [9.17, 15) is 0 Å². The molecule has 50 heavy (non-hydrogen) atoms. The molecule has 234 valence electrons. The molecule has 0 atom stereocenters. The van der Waals surface area contributed by atoms with E-state index in [1.807, 2.05) is 17.5 Å². The smallest absolute Gasteiger partial charge is 0.0894 e. The Labute approximate surface area is 294 Å². The molecule has 0 amide bonds. The van der Waals surface area contributed by atoms with Gasteiger partial charge in [0.15, 0.2) is 0 Å². The monoisotopic (exact) mass is 654 g/mol. The van der Waals surface area contributed by atoms with Gasteiger partial charge in [0.1, 0.15) is 0 Å². The summed E-state index contributed by atoms with van der Waals surface area (Å²) in [5, 5.41) is 8.82. The van der Waals surface area contributed by atoms with Crippen LogP contribution in [-0.4, -0.2) is 4.98 Å². The third-order valence-electron chi connectivity index (χ3n) is 9.89. The van der Waals surface area contributed by atoms with E-state index in [0.29, 0.717) is 0 Å². The van der Waals surface area contributed by atoms with Crippen LogP contribution in [0.1, 0.15) is 0 Å². The number of hydrogen-bond donors (Lipinski definition) is 0. The van der Waals surface area contributed by atoms with Crippen molar-refractivity contribution in [3.05, 3.63) is 182 Å². The number of aromatic nitrogens is 1. The zero-order valence-corrected chi connectivity index (χ0v) is 27.9. The van der Waals surface area contributed by atoms with Crippen molar-refractivity contribution in [3.8, 4) is 22.3 Å². The second-order valence-electron chi connectivity index (χ2n) is 12.8. The predicted molar refractivity (Wildman–Crippen MR) is 215 cm³/mol. The number of anilines is 3. The maximum absolute atomic E-state index is 4.77. The molecule has 0 aliphatic rings. The molecule has 0 bridgehead atoms. The predicted octanol–water partition coefficient (Wildman–Crippen LogP) is 13.7. The van der Waals surface area contributed by atoms with Gasteiger partial charge in [-0.3, -0.25) is 4.98 Å². The first-order valence-electron chi connectivity index (χ1n) is 17.0. The summed E-state index contributed by atoms with van der Waals surface area (Å²) < 4.78 is 2.49. The Balaban J connectivity index is 1.11. The lowest BCUT2D eigenvalue weighted by Crippen LogP contribution is -2.09. The zero-order valence-electron chi connectivity index (χ0n) is 27.1. The highest BCUT2D eigenvalue weighted by Crippen LogP contribution is 2.42. The van der Waals surface area contributed by atoms with E-state index in [1.54, 1.807) is 0 Å². The molecule has 0 spiro atoms. The molecule has 0 radical (unpaired) electrons. The van der Waals surface area contributed by atoms with Crippen molar-refractivity contribution in [3.63, 3.8) is 0 Å². The van der Waals surface area contributed by atoms with Crippen molar-refractivity contribution in [1.82, 2.24) is 4.98 Å². The van der Waals surface area contributed by atoms with Crippen LogP contribution in [0.15, 0.2) is 182 Å². The molecule has 8 aromatic carbocycles. The molecule has 10 rings (SSSR count). The molecule has 2 aromatic heterocycles. The van der Waals surface area contributed by atoms with Gasteiger partial charge in [0.05, 0.1) is 10.2 Å². The van der Waals surface area contributed by atoms with Crippen molar-refractivity contribution < 1.29 is 0 Å². The van der Waals surface area contributed by atoms with E-state index in [4.69, 9.17) is 4.98 Å². The van der Waals surface area contributed by atoms with Gasteiger partial charge in [-0.1, -0.05) is 127 Å². The van der Waals surface area contributed by atoms with Crippen LogP contribution in [0.25, 0.3) is 74.9 Å². The number of rotatable bonds is 5. The van der Waals surface area contributed by atoms with E-state index >= 15 is 0 Å². The lowest BCUT2D eigenvalue weighted by atomic mass is 9.96. The molecule has 0 aliphatic heterocycles. The fourth-order valence-electron chi connectivity index (χ4n) is 7.46. The Morgan fingerprint density at radius 1 is 0.420 bits per heavy atom. The van der Waals surface area contributed by atoms with Crippen LogP contribution in [0.5, 0.6) is 0 Å². The molecule has 3 heteroatoms. The minimum absolute atomic E-state index is 1.07. The Hall–Kier alpha value is -6.29. The van der Waals surface area contributed by atoms with Crippen LogP contribution in [0.2, 0.25) is 0 Å². The Morgan fingerprint density at radius 2 is 1.02 bits per heavy atom. The summed E-state index contributed by atoms with van der Waals surface area (Å²) in [4.78, 5) is 7.14. The van der Waals surface area contributed by atoms with Crippen LogP contribution >= 0.6 is 11.3 Å². The lowest BCUT2D eigenvalue weighted by molar-refractivity contribution is 1.29. The number of benzene rings is 8. The largest absolute Gasteiger partial charge is 0.310 e. The Kier molecular flexibility index (Phi) is 6.71. The topological polar surface area (TPSA) is 16.1 Å². The van der Waals surface area contributed by atoms with Gasteiger partial charge in [0.2, 0.25) is 0 Å². The van der Waals surface area contributed by atoms with E-state index in [2.05, 4.69) is 181 Å². The SMILES string of the molecule is c1ccc(-c2ccc(N(c3ccc(-c4ccnc5c4sc4ccccc45)cc3)c3ccc4c(ccc5ccc6ccccc6c54)c3)cc2)cc1. The zero-order chi connectivity index (χ0) is 33.0. The van der Waals surface area contributed by atoms with E-state index < -0.39 is 0 Å². The highest BCUT2D eigenvalue weighted by Gasteiger charge is 2.16. The van der Waals surface area contributed by atoms with Crippen molar-refractivity contribution in [1.29, 1.82) is 0 Å². The summed E-state index contributed by atoms with van der Waals surface area (Å²) in [6, 6.07) is 63.7. The van der Waals surface area contributed by atoms with Gasteiger partial charge in [0, 0.05) is 38.9 Å². The van der Waals surface area contributed by atoms with Crippen molar-refractivity contribution >= 4 is 81.0 Å². The summed E-state index contributed by atoms with van der Waals surface area (Å²) in [5.41, 5.74) is 9.22. The van der Waals surface area contributed by atoms with Crippen molar-refractivity contribution in [2.75, 3.05) is 4.90 Å². The molecule has 10 aromatic rings. The number of fused-ring (bicyclic) bond motifs is 8. The van der Waals surface area contributed by atoms with Crippen molar-refractivity contribution in [2.45, 2.75) is 0 Å². The molecule has 0 aliphatic carbocycles. The number of hydrogen-bond acceptors (Lipinski definition) is 3. The third kappa shape index (κ3) is 4.74. The first-order valence-corrected chi connectivity index (χ1v) is 17.8. The molecular formula is C47H30N2S. The number of thiophene rings is 1. The van der Waals surface area contributed by atoms with Gasteiger partial charge < -0.3 is 4.90 Å². The molecule has 2 heterocycles. The molecule has 2 nitrogen and oxygen atoms in total. The van der Waals surface area contributed by atoms with E-state index in [-0.39, 0.29) is 0 Å². The minimum Gasteiger partial charge on any atom is -0.310 e. The summed E-state index contributed by atoms with van der Waals surface area (Å²) in [7, 11) is 0. The third-order valence-corrected chi connectivity index (χ3v) is 11.1. The highest BCUT2D eigenvalue weighted by molar-refractivity contribution is 7.26. The first kappa shape index (κ1) is 28.7. The lowest BCUT2D eigenvalue weighted by Gasteiger charge is -2.26. The fourth-order valence-corrected chi connectivity index (χ4v) is 8.66. The summed E-state index contributed by atoms with van der Waals surface area (Å²) in [5.74, 6) is 0. The minimum atomic E-state index is 1.07. The van der Waals surface area contributed by atoms with Gasteiger partial charge in [-0.05, 0) is 97.5 Å². The van der Waals surface area contributed by atoms with Crippen LogP contribution in [0.4, 0.5) is 17.1 Å². The maximum Gasteiger partial charge on any atom is 0.0894 e. The summed E-state index contributed by atoms with van der Waals surface area (Å²) >= 11 is 1.82. The van der Waals surface area contributed by atoms with E-state index in [1.165, 1.54) is 69.4 Å². The second-order valence-corrected chi connectivity index (χ2v) is 13.8. The number of nitrogens with zero attached hydrogens (tertiary/aromatic N) is 2. The summed E-state index contributed by atoms with van der Waals surface area (Å²) in [6.07, 6.45) is 1.94. The van der Waals surface area contributed by atoms with Gasteiger partial charge in [0.25, 0.3) is 0 Å². The van der Waals surface area contributed by atoms with Crippen LogP contribution < -0.4 is 4.90 Å². The van der Waals surface area contributed by atoms with Gasteiger partial charge in [-0.2, -0.15) is 0 Å². The number of pyridine rings is 1. The quantitative estimate of drug-likeness (QED) is 0.172. The van der Waals surface area contributed by atoms with Crippen LogP contribution in [0.3, 0.4) is 0 Å². The van der Waals surface area contributed by atoms with Gasteiger partial charge in [-0.25, -0.2) is 0 Å². The standard InChI is InChI=1S/C47H30N2S/c1-2-8-31(9-3-1)32-18-22-37(23-19-32)49(39-26-27-41-36(30-39)17-16-35-15-14-33-10-4-5-11-40(33)45(35)41)38-24-20-34(21-25-38)42-28-29-48-46-43-12-6-7-13-44(43)50-47(42)46/h1-30H. The second kappa shape index (κ2) is 11.7. The van der Waals surface area contributed by atoms with Gasteiger partial charge in [-0.15, -0.1) is 11.3 Å². The molecule has 0 saturated heterocycles. The van der Waals surface area contributed by atoms with Crippen LogP contribution in [0, 0.1) is 0 Å². The van der Waals surface area contributed by atoms with Crippen LogP contribution in [-0.2, 0) is 0 Å². The molecule has 0 N–H and O–H groups in total. The normalized spacial score (nSPS) is 11.6. The molecule has 0 fully saturated rings. The average Bonchev–Trinajstić information content (AvgIpc) is 3.58.